The first-order chi connectivity index (χ1) is 17.9. The molecule has 0 bridgehead atoms. The van der Waals surface area contributed by atoms with Crippen molar-refractivity contribution in [1.29, 1.82) is 0 Å². The molecule has 1 fully saturated rings. The Kier molecular flexibility index (Phi) is 9.14. The van der Waals surface area contributed by atoms with Crippen LogP contribution in [0.25, 0.3) is 0 Å². The van der Waals surface area contributed by atoms with Crippen molar-refractivity contribution in [3.05, 3.63) is 95.1 Å². The maximum atomic E-state index is 13.5. The summed E-state index contributed by atoms with van der Waals surface area (Å²) in [5, 5.41) is 3.73. The summed E-state index contributed by atoms with van der Waals surface area (Å²) in [4.78, 5) is 0. The fourth-order valence-corrected chi connectivity index (χ4v) is 5.36. The molecular formula is C31H36F3NO2. The molecule has 6 heteroatoms. The molecule has 0 atom stereocenters. The van der Waals surface area contributed by atoms with Gasteiger partial charge in [0, 0.05) is 18.5 Å². The van der Waals surface area contributed by atoms with Crippen molar-refractivity contribution in [3.63, 3.8) is 0 Å². The summed E-state index contributed by atoms with van der Waals surface area (Å²) >= 11 is 0. The SMILES string of the molecule is CCOc1ccc(C(CNC2CCC(c3ccccc3C(F)(F)F)CC2)c2ccc(OCC)cc2)cc1. The Bertz CT molecular complexity index is 1060. The predicted octanol–water partition coefficient (Wildman–Crippen LogP) is 7.95. The average molecular weight is 512 g/mol. The smallest absolute Gasteiger partial charge is 0.416 e. The van der Waals surface area contributed by atoms with Crippen molar-refractivity contribution in [3.8, 4) is 11.5 Å². The van der Waals surface area contributed by atoms with E-state index in [2.05, 4.69) is 29.6 Å². The van der Waals surface area contributed by atoms with Gasteiger partial charge >= 0.3 is 6.18 Å². The minimum Gasteiger partial charge on any atom is -0.494 e. The van der Waals surface area contributed by atoms with Crippen LogP contribution in [0.1, 0.15) is 73.6 Å². The van der Waals surface area contributed by atoms with Gasteiger partial charge in [0.2, 0.25) is 0 Å². The van der Waals surface area contributed by atoms with E-state index in [0.29, 0.717) is 18.8 Å². The van der Waals surface area contributed by atoms with Crippen LogP contribution < -0.4 is 14.8 Å². The molecule has 0 radical (unpaired) electrons. The molecule has 4 rings (SSSR count). The lowest BCUT2D eigenvalue weighted by Gasteiger charge is -2.32. The Morgan fingerprint density at radius 1 is 0.757 bits per heavy atom. The molecule has 0 aliphatic heterocycles. The molecule has 0 unspecified atom stereocenters. The van der Waals surface area contributed by atoms with Crippen molar-refractivity contribution in [2.24, 2.45) is 0 Å². The summed E-state index contributed by atoms with van der Waals surface area (Å²) in [6.45, 7) is 5.93. The van der Waals surface area contributed by atoms with Crippen LogP contribution in [-0.4, -0.2) is 25.8 Å². The van der Waals surface area contributed by atoms with Crippen LogP contribution in [0, 0.1) is 0 Å². The molecule has 0 heterocycles. The number of hydrogen-bond donors (Lipinski definition) is 1. The Labute approximate surface area is 218 Å². The van der Waals surface area contributed by atoms with Crippen LogP contribution in [0.15, 0.2) is 72.8 Å². The molecule has 3 aromatic rings. The van der Waals surface area contributed by atoms with Crippen LogP contribution in [0.3, 0.4) is 0 Å². The Morgan fingerprint density at radius 2 is 1.27 bits per heavy atom. The van der Waals surface area contributed by atoms with Crippen molar-refractivity contribution < 1.29 is 22.6 Å². The van der Waals surface area contributed by atoms with Gasteiger partial charge in [-0.1, -0.05) is 42.5 Å². The van der Waals surface area contributed by atoms with E-state index in [-0.39, 0.29) is 17.9 Å². The topological polar surface area (TPSA) is 30.5 Å². The van der Waals surface area contributed by atoms with E-state index in [0.717, 1.165) is 43.7 Å². The third-order valence-corrected chi connectivity index (χ3v) is 7.23. The summed E-state index contributed by atoms with van der Waals surface area (Å²) in [5.74, 6) is 1.78. The summed E-state index contributed by atoms with van der Waals surface area (Å²) in [5.41, 5.74) is 2.33. The van der Waals surface area contributed by atoms with Crippen LogP contribution >= 0.6 is 0 Å². The number of halogens is 3. The lowest BCUT2D eigenvalue weighted by atomic mass is 9.79. The zero-order chi connectivity index (χ0) is 26.3. The van der Waals surface area contributed by atoms with Gasteiger partial charge in [-0.3, -0.25) is 0 Å². The van der Waals surface area contributed by atoms with Gasteiger partial charge in [0.15, 0.2) is 0 Å². The second-order valence-electron chi connectivity index (χ2n) is 9.60. The third-order valence-electron chi connectivity index (χ3n) is 7.23. The Hall–Kier alpha value is -2.99. The molecule has 3 aromatic carbocycles. The van der Waals surface area contributed by atoms with Gasteiger partial charge in [0.25, 0.3) is 0 Å². The van der Waals surface area contributed by atoms with Crippen molar-refractivity contribution in [2.45, 2.75) is 63.6 Å². The lowest BCUT2D eigenvalue weighted by molar-refractivity contribution is -0.138. The van der Waals surface area contributed by atoms with E-state index in [1.54, 1.807) is 12.1 Å². The zero-order valence-corrected chi connectivity index (χ0v) is 21.6. The van der Waals surface area contributed by atoms with Gasteiger partial charge in [-0.15, -0.1) is 0 Å². The molecule has 0 spiro atoms. The van der Waals surface area contributed by atoms with Crippen molar-refractivity contribution >= 4 is 0 Å². The van der Waals surface area contributed by atoms with Gasteiger partial charge in [0.1, 0.15) is 11.5 Å². The molecule has 1 N–H and O–H groups in total. The lowest BCUT2D eigenvalue weighted by Crippen LogP contribution is -2.36. The predicted molar refractivity (Wildman–Crippen MR) is 142 cm³/mol. The van der Waals surface area contributed by atoms with E-state index in [9.17, 15) is 13.2 Å². The van der Waals surface area contributed by atoms with Gasteiger partial charge in [-0.05, 0) is 92.5 Å². The van der Waals surface area contributed by atoms with Crippen molar-refractivity contribution in [1.82, 2.24) is 5.32 Å². The number of alkyl halides is 3. The number of nitrogens with one attached hydrogen (secondary N) is 1. The number of benzene rings is 3. The average Bonchev–Trinajstić information content (AvgIpc) is 2.91. The van der Waals surface area contributed by atoms with Crippen LogP contribution in [0.2, 0.25) is 0 Å². The first-order valence-electron chi connectivity index (χ1n) is 13.2. The minimum absolute atomic E-state index is 0.0520. The van der Waals surface area contributed by atoms with E-state index >= 15 is 0 Å². The first kappa shape index (κ1) is 27.1. The molecular weight excluding hydrogens is 475 g/mol. The highest BCUT2D eigenvalue weighted by molar-refractivity contribution is 5.39. The summed E-state index contributed by atoms with van der Waals surface area (Å²) < 4.78 is 51.8. The molecule has 0 aromatic heterocycles. The normalized spacial score (nSPS) is 18.1. The molecule has 1 saturated carbocycles. The minimum atomic E-state index is -4.31. The van der Waals surface area contributed by atoms with E-state index in [1.165, 1.54) is 23.3 Å². The maximum absolute atomic E-state index is 13.5. The van der Waals surface area contributed by atoms with Crippen LogP contribution in [0.5, 0.6) is 11.5 Å². The van der Waals surface area contributed by atoms with E-state index in [1.807, 2.05) is 38.1 Å². The van der Waals surface area contributed by atoms with Crippen LogP contribution in [0.4, 0.5) is 13.2 Å². The number of ether oxygens (including phenoxy) is 2. The molecule has 198 valence electrons. The largest absolute Gasteiger partial charge is 0.494 e. The van der Waals surface area contributed by atoms with Crippen molar-refractivity contribution in [2.75, 3.05) is 19.8 Å². The van der Waals surface area contributed by atoms with E-state index < -0.39 is 11.7 Å². The van der Waals surface area contributed by atoms with E-state index in [4.69, 9.17) is 9.47 Å². The molecule has 0 amide bonds. The van der Waals surface area contributed by atoms with Gasteiger partial charge in [0.05, 0.1) is 18.8 Å². The second-order valence-corrected chi connectivity index (χ2v) is 9.60. The summed E-state index contributed by atoms with van der Waals surface area (Å²) in [7, 11) is 0. The second kappa shape index (κ2) is 12.5. The fraction of sp³-hybridized carbons (Fsp3) is 0.419. The molecule has 1 aliphatic carbocycles. The van der Waals surface area contributed by atoms with Crippen LogP contribution in [-0.2, 0) is 6.18 Å². The standard InChI is InChI=1S/C31H36F3NO2/c1-3-36-26-17-11-23(12-18-26)29(24-13-19-27(20-14-24)37-4-2)21-35-25-15-9-22(10-16-25)28-7-5-6-8-30(28)31(32,33)34/h5-8,11-14,17-20,22,25,29,35H,3-4,9-10,15-16,21H2,1-2H3. The Balaban J connectivity index is 1.43. The third kappa shape index (κ3) is 7.07. The molecule has 0 saturated heterocycles. The zero-order valence-electron chi connectivity index (χ0n) is 21.6. The highest BCUT2D eigenvalue weighted by Gasteiger charge is 2.36. The van der Waals surface area contributed by atoms with Gasteiger partial charge in [-0.2, -0.15) is 13.2 Å². The monoisotopic (exact) mass is 511 g/mol. The summed E-state index contributed by atoms with van der Waals surface area (Å²) in [6, 6.07) is 22.8. The van der Waals surface area contributed by atoms with Gasteiger partial charge < -0.3 is 14.8 Å². The maximum Gasteiger partial charge on any atom is 0.416 e. The highest BCUT2D eigenvalue weighted by atomic mass is 19.4. The number of hydrogen-bond acceptors (Lipinski definition) is 3. The number of rotatable bonds is 10. The molecule has 3 nitrogen and oxygen atoms in total. The molecule has 1 aliphatic rings. The van der Waals surface area contributed by atoms with Gasteiger partial charge in [-0.25, -0.2) is 0 Å². The highest BCUT2D eigenvalue weighted by Crippen LogP contribution is 2.40. The molecule has 37 heavy (non-hydrogen) atoms. The summed E-state index contributed by atoms with van der Waals surface area (Å²) in [6.07, 6.45) is -1.09. The first-order valence-corrected chi connectivity index (χ1v) is 13.2. The Morgan fingerprint density at radius 3 is 1.76 bits per heavy atom. The quantitative estimate of drug-likeness (QED) is 0.300. The fourth-order valence-electron chi connectivity index (χ4n) is 5.36.